The van der Waals surface area contributed by atoms with Gasteiger partial charge in [0, 0.05) is 0 Å². The van der Waals surface area contributed by atoms with Crippen LogP contribution in [0.5, 0.6) is 0 Å². The number of ether oxygens (including phenoxy) is 1. The van der Waals surface area contributed by atoms with Crippen LogP contribution in [-0.2, 0) is 9.53 Å². The second-order valence-corrected chi connectivity index (χ2v) is 2.64. The molecule has 0 radical (unpaired) electrons. The van der Waals surface area contributed by atoms with E-state index in [1.54, 1.807) is 6.08 Å². The fourth-order valence-electron chi connectivity index (χ4n) is 0.722. The van der Waals surface area contributed by atoms with Crippen molar-refractivity contribution in [2.24, 2.45) is 5.92 Å². The van der Waals surface area contributed by atoms with Gasteiger partial charge < -0.3 is 4.74 Å². The average molecular weight is 166 g/mol. The van der Waals surface area contributed by atoms with Crippen molar-refractivity contribution in [3.63, 3.8) is 0 Å². The molecule has 0 aromatic rings. The first-order chi connectivity index (χ1) is 5.61. The molecular weight excluding hydrogens is 152 g/mol. The molecule has 0 atom stereocenters. The Balaban J connectivity index is 4.43. The van der Waals surface area contributed by atoms with Crippen LogP contribution in [0.4, 0.5) is 0 Å². The standard InChI is InChI=1S/C10H14O2/c1-5-9(7-8(3)4)10(11)12-6-2/h5-8H,1-2H2,3-4H3. The van der Waals surface area contributed by atoms with E-state index in [1.807, 2.05) is 13.8 Å². The van der Waals surface area contributed by atoms with Gasteiger partial charge in [0.25, 0.3) is 0 Å². The van der Waals surface area contributed by atoms with Crippen LogP contribution >= 0.6 is 0 Å². The van der Waals surface area contributed by atoms with Gasteiger partial charge in [0.2, 0.25) is 0 Å². The first-order valence-corrected chi connectivity index (χ1v) is 3.78. The Bertz CT molecular complexity index is 212. The van der Waals surface area contributed by atoms with Gasteiger partial charge in [-0.15, -0.1) is 0 Å². The van der Waals surface area contributed by atoms with E-state index in [1.165, 1.54) is 6.08 Å². The zero-order chi connectivity index (χ0) is 9.56. The third-order valence-corrected chi connectivity index (χ3v) is 1.16. The molecule has 0 aliphatic rings. The first-order valence-electron chi connectivity index (χ1n) is 3.78. The number of rotatable bonds is 4. The average Bonchev–Trinajstić information content (AvgIpc) is 2.00. The molecule has 0 saturated heterocycles. The van der Waals surface area contributed by atoms with Gasteiger partial charge >= 0.3 is 5.97 Å². The van der Waals surface area contributed by atoms with Crippen molar-refractivity contribution in [3.05, 3.63) is 37.1 Å². The van der Waals surface area contributed by atoms with Crippen LogP contribution in [0.15, 0.2) is 37.1 Å². The highest BCUT2D eigenvalue weighted by atomic mass is 16.5. The summed E-state index contributed by atoms with van der Waals surface area (Å²) in [6, 6.07) is 0. The minimum Gasteiger partial charge on any atom is -0.432 e. The van der Waals surface area contributed by atoms with Gasteiger partial charge in [0.15, 0.2) is 0 Å². The minimum absolute atomic E-state index is 0.301. The molecule has 0 heterocycles. The molecule has 0 N–H and O–H groups in total. The number of esters is 1. The van der Waals surface area contributed by atoms with Crippen molar-refractivity contribution >= 4 is 5.97 Å². The van der Waals surface area contributed by atoms with E-state index in [0.717, 1.165) is 6.26 Å². The maximum Gasteiger partial charge on any atom is 0.342 e. The van der Waals surface area contributed by atoms with Crippen molar-refractivity contribution in [1.29, 1.82) is 0 Å². The molecular formula is C10H14O2. The number of hydrogen-bond donors (Lipinski definition) is 0. The lowest BCUT2D eigenvalue weighted by atomic mass is 10.1. The molecule has 0 rings (SSSR count). The summed E-state index contributed by atoms with van der Waals surface area (Å²) in [6.07, 6.45) is 4.38. The van der Waals surface area contributed by atoms with E-state index in [0.29, 0.717) is 11.5 Å². The van der Waals surface area contributed by atoms with Crippen molar-refractivity contribution in [2.45, 2.75) is 13.8 Å². The maximum atomic E-state index is 11.1. The van der Waals surface area contributed by atoms with E-state index in [-0.39, 0.29) is 0 Å². The highest BCUT2D eigenvalue weighted by Crippen LogP contribution is 2.05. The molecule has 0 aliphatic heterocycles. The van der Waals surface area contributed by atoms with Crippen LogP contribution in [-0.4, -0.2) is 5.97 Å². The minimum atomic E-state index is -0.409. The van der Waals surface area contributed by atoms with Gasteiger partial charge in [-0.05, 0) is 5.92 Å². The highest BCUT2D eigenvalue weighted by molar-refractivity contribution is 5.91. The second-order valence-electron chi connectivity index (χ2n) is 2.64. The lowest BCUT2D eigenvalue weighted by Gasteiger charge is -2.01. The monoisotopic (exact) mass is 166 g/mol. The Morgan fingerprint density at radius 2 is 2.00 bits per heavy atom. The van der Waals surface area contributed by atoms with Crippen molar-refractivity contribution in [2.75, 3.05) is 0 Å². The van der Waals surface area contributed by atoms with Crippen LogP contribution in [0.3, 0.4) is 0 Å². The normalized spacial score (nSPS) is 11.1. The van der Waals surface area contributed by atoms with Gasteiger partial charge in [-0.2, -0.15) is 0 Å². The number of carbonyl (C=O) groups excluding carboxylic acids is 1. The summed E-state index contributed by atoms with van der Waals surface area (Å²) in [7, 11) is 0. The largest absolute Gasteiger partial charge is 0.432 e. The molecule has 12 heavy (non-hydrogen) atoms. The van der Waals surface area contributed by atoms with Crippen LogP contribution in [0, 0.1) is 5.92 Å². The summed E-state index contributed by atoms with van der Waals surface area (Å²) in [5.41, 5.74) is 0.477. The molecule has 0 fully saturated rings. The van der Waals surface area contributed by atoms with Crippen LogP contribution in [0.25, 0.3) is 0 Å². The Labute approximate surface area is 73.2 Å². The van der Waals surface area contributed by atoms with E-state index >= 15 is 0 Å². The summed E-state index contributed by atoms with van der Waals surface area (Å²) >= 11 is 0. The highest BCUT2D eigenvalue weighted by Gasteiger charge is 2.05. The lowest BCUT2D eigenvalue weighted by Crippen LogP contribution is -2.02. The fraction of sp³-hybridized carbons (Fsp3) is 0.300. The number of hydrogen-bond acceptors (Lipinski definition) is 2. The van der Waals surface area contributed by atoms with Crippen LogP contribution in [0.1, 0.15) is 13.8 Å². The van der Waals surface area contributed by atoms with Gasteiger partial charge in [-0.25, -0.2) is 4.79 Å². The van der Waals surface area contributed by atoms with Crippen molar-refractivity contribution in [3.8, 4) is 0 Å². The number of allylic oxidation sites excluding steroid dienone is 1. The number of carbonyl (C=O) groups is 1. The van der Waals surface area contributed by atoms with Gasteiger partial charge in [0.1, 0.15) is 0 Å². The quantitative estimate of drug-likeness (QED) is 0.277. The SMILES string of the molecule is C=COC(=O)C(C=C)=CC(C)C. The van der Waals surface area contributed by atoms with E-state index in [4.69, 9.17) is 0 Å². The first kappa shape index (κ1) is 10.7. The molecule has 2 nitrogen and oxygen atoms in total. The Kier molecular flexibility index (Phi) is 4.77. The fourth-order valence-corrected chi connectivity index (χ4v) is 0.722. The molecule has 0 aromatic heterocycles. The third-order valence-electron chi connectivity index (χ3n) is 1.16. The molecule has 0 aliphatic carbocycles. The Morgan fingerprint density at radius 3 is 2.33 bits per heavy atom. The zero-order valence-corrected chi connectivity index (χ0v) is 7.54. The van der Waals surface area contributed by atoms with Crippen LogP contribution in [0.2, 0.25) is 0 Å². The summed E-state index contributed by atoms with van der Waals surface area (Å²) in [5.74, 6) is -0.107. The lowest BCUT2D eigenvalue weighted by molar-refractivity contribution is -0.133. The molecule has 0 unspecified atom stereocenters. The smallest absolute Gasteiger partial charge is 0.342 e. The topological polar surface area (TPSA) is 26.3 Å². The van der Waals surface area contributed by atoms with Gasteiger partial charge in [-0.1, -0.05) is 39.2 Å². The van der Waals surface area contributed by atoms with E-state index in [9.17, 15) is 4.79 Å². The molecule has 0 spiro atoms. The summed E-state index contributed by atoms with van der Waals surface area (Å²) in [5, 5.41) is 0. The third kappa shape index (κ3) is 3.76. The molecule has 0 saturated carbocycles. The maximum absolute atomic E-state index is 11.1. The Hall–Kier alpha value is -1.31. The van der Waals surface area contributed by atoms with Crippen molar-refractivity contribution in [1.82, 2.24) is 0 Å². The molecule has 0 aromatic carbocycles. The molecule has 0 bridgehead atoms. The van der Waals surface area contributed by atoms with E-state index < -0.39 is 5.97 Å². The van der Waals surface area contributed by atoms with Crippen molar-refractivity contribution < 1.29 is 9.53 Å². The predicted octanol–water partition coefficient (Wildman–Crippen LogP) is 2.44. The molecule has 2 heteroatoms. The summed E-state index contributed by atoms with van der Waals surface area (Å²) in [6.45, 7) is 10.8. The molecule has 66 valence electrons. The van der Waals surface area contributed by atoms with Crippen LogP contribution < -0.4 is 0 Å². The van der Waals surface area contributed by atoms with E-state index in [2.05, 4.69) is 17.9 Å². The summed E-state index contributed by atoms with van der Waals surface area (Å²) < 4.78 is 4.58. The van der Waals surface area contributed by atoms with Gasteiger partial charge in [-0.3, -0.25) is 0 Å². The summed E-state index contributed by atoms with van der Waals surface area (Å²) in [4.78, 5) is 11.1. The zero-order valence-electron chi connectivity index (χ0n) is 7.54. The second kappa shape index (κ2) is 5.35. The Morgan fingerprint density at radius 1 is 1.42 bits per heavy atom. The van der Waals surface area contributed by atoms with Gasteiger partial charge in [0.05, 0.1) is 11.8 Å². The predicted molar refractivity (Wildman–Crippen MR) is 49.4 cm³/mol. The molecule has 0 amide bonds.